The highest BCUT2D eigenvalue weighted by molar-refractivity contribution is 5.78. The fourth-order valence-electron chi connectivity index (χ4n) is 2.12. The lowest BCUT2D eigenvalue weighted by Crippen LogP contribution is -2.32. The Kier molecular flexibility index (Phi) is 4.91. The summed E-state index contributed by atoms with van der Waals surface area (Å²) < 4.78 is 37.9. The Labute approximate surface area is 133 Å². The summed E-state index contributed by atoms with van der Waals surface area (Å²) in [7, 11) is 0. The molecule has 0 spiro atoms. The summed E-state index contributed by atoms with van der Waals surface area (Å²) in [6, 6.07) is 4.58. The minimum atomic E-state index is -4.46. The van der Waals surface area contributed by atoms with Crippen LogP contribution in [0.3, 0.4) is 0 Å². The lowest BCUT2D eigenvalue weighted by molar-refractivity contribution is -0.137. The molecular formula is C15H14F3N3O3. The van der Waals surface area contributed by atoms with Gasteiger partial charge in [-0.1, -0.05) is 12.1 Å². The summed E-state index contributed by atoms with van der Waals surface area (Å²) in [5.41, 5.74) is -1.52. The van der Waals surface area contributed by atoms with E-state index in [9.17, 15) is 27.6 Å². The van der Waals surface area contributed by atoms with Crippen molar-refractivity contribution in [1.29, 1.82) is 0 Å². The summed E-state index contributed by atoms with van der Waals surface area (Å²) in [6.07, 6.45) is -4.75. The molecule has 0 saturated carbocycles. The molecule has 2 rings (SSSR count). The molecule has 0 saturated heterocycles. The van der Waals surface area contributed by atoms with E-state index in [0.29, 0.717) is 0 Å². The Balaban J connectivity index is 2.05. The van der Waals surface area contributed by atoms with E-state index >= 15 is 0 Å². The van der Waals surface area contributed by atoms with Gasteiger partial charge in [-0.15, -0.1) is 0 Å². The van der Waals surface area contributed by atoms with Crippen molar-refractivity contribution in [3.05, 3.63) is 67.5 Å². The third-order valence-electron chi connectivity index (χ3n) is 3.34. The van der Waals surface area contributed by atoms with E-state index in [1.54, 1.807) is 0 Å². The Morgan fingerprint density at radius 3 is 2.54 bits per heavy atom. The van der Waals surface area contributed by atoms with Crippen molar-refractivity contribution in [3.8, 4) is 0 Å². The second-order valence-corrected chi connectivity index (χ2v) is 5.16. The van der Waals surface area contributed by atoms with E-state index < -0.39 is 28.9 Å². The number of nitrogens with one attached hydrogen (secondary N) is 3. The minimum absolute atomic E-state index is 0.0937. The number of carbonyl (C=O) groups is 1. The third kappa shape index (κ3) is 4.34. The van der Waals surface area contributed by atoms with Crippen LogP contribution in [0.25, 0.3) is 0 Å². The molecular weight excluding hydrogens is 327 g/mol. The van der Waals surface area contributed by atoms with Gasteiger partial charge < -0.3 is 10.3 Å². The predicted octanol–water partition coefficient (Wildman–Crippen LogP) is 1.25. The Hall–Kier alpha value is -2.84. The molecule has 128 valence electrons. The molecule has 0 bridgehead atoms. The zero-order valence-corrected chi connectivity index (χ0v) is 12.6. The van der Waals surface area contributed by atoms with Crippen molar-refractivity contribution in [2.75, 3.05) is 0 Å². The first kappa shape index (κ1) is 17.5. The molecule has 0 radical (unpaired) electrons. The van der Waals surface area contributed by atoms with Gasteiger partial charge >= 0.3 is 11.9 Å². The molecule has 1 amide bonds. The van der Waals surface area contributed by atoms with Gasteiger partial charge in [0.1, 0.15) is 0 Å². The highest BCUT2D eigenvalue weighted by Gasteiger charge is 2.30. The van der Waals surface area contributed by atoms with E-state index in [4.69, 9.17) is 0 Å². The number of hydrogen-bond acceptors (Lipinski definition) is 3. The van der Waals surface area contributed by atoms with Crippen molar-refractivity contribution >= 4 is 5.91 Å². The smallest absolute Gasteiger partial charge is 0.352 e. The number of benzene rings is 1. The highest BCUT2D eigenvalue weighted by atomic mass is 19.4. The average molecular weight is 341 g/mol. The van der Waals surface area contributed by atoms with Gasteiger partial charge in [-0.05, 0) is 24.6 Å². The van der Waals surface area contributed by atoms with Crippen molar-refractivity contribution in [1.82, 2.24) is 15.3 Å². The maximum atomic E-state index is 12.6. The fourth-order valence-corrected chi connectivity index (χ4v) is 2.12. The monoisotopic (exact) mass is 341 g/mol. The number of hydrogen-bond donors (Lipinski definition) is 3. The first-order valence-electron chi connectivity index (χ1n) is 6.91. The number of aromatic amines is 2. The minimum Gasteiger partial charge on any atom is -0.352 e. The number of carbonyl (C=O) groups excluding carboxylic acids is 1. The van der Waals surface area contributed by atoms with Gasteiger partial charge in [0, 0.05) is 17.8 Å². The molecule has 0 fully saturated rings. The van der Waals surface area contributed by atoms with Crippen molar-refractivity contribution in [2.24, 2.45) is 0 Å². The molecule has 0 aliphatic rings. The molecule has 9 heteroatoms. The number of H-pyrrole nitrogens is 2. The summed E-state index contributed by atoms with van der Waals surface area (Å²) in [5, 5.41) is 2.44. The van der Waals surface area contributed by atoms with Crippen LogP contribution >= 0.6 is 0 Å². The molecule has 24 heavy (non-hydrogen) atoms. The van der Waals surface area contributed by atoms with Gasteiger partial charge in [0.2, 0.25) is 5.91 Å². The van der Waals surface area contributed by atoms with Crippen molar-refractivity contribution in [3.63, 3.8) is 0 Å². The first-order chi connectivity index (χ1) is 11.2. The van der Waals surface area contributed by atoms with Crippen LogP contribution in [0, 0.1) is 6.92 Å². The third-order valence-corrected chi connectivity index (χ3v) is 3.34. The average Bonchev–Trinajstić information content (AvgIpc) is 2.48. The molecule has 3 N–H and O–H groups in total. The number of aryl methyl sites for hydroxylation is 1. The SMILES string of the molecule is Cc1[nH]c(=O)[nH]c(=O)c1CC(=O)NCc1cccc(C(F)(F)F)c1. The zero-order valence-electron chi connectivity index (χ0n) is 12.6. The molecule has 1 heterocycles. The molecule has 0 aliphatic heterocycles. The second-order valence-electron chi connectivity index (χ2n) is 5.16. The van der Waals surface area contributed by atoms with E-state index in [0.717, 1.165) is 12.1 Å². The van der Waals surface area contributed by atoms with Crippen LogP contribution in [-0.4, -0.2) is 15.9 Å². The Morgan fingerprint density at radius 1 is 1.21 bits per heavy atom. The molecule has 1 aromatic heterocycles. The summed E-state index contributed by atoms with van der Waals surface area (Å²) in [6.45, 7) is 1.37. The predicted molar refractivity (Wildman–Crippen MR) is 79.4 cm³/mol. The topological polar surface area (TPSA) is 94.8 Å². The van der Waals surface area contributed by atoms with Crippen LogP contribution in [0.1, 0.15) is 22.4 Å². The maximum absolute atomic E-state index is 12.6. The summed E-state index contributed by atoms with van der Waals surface area (Å²) >= 11 is 0. The Morgan fingerprint density at radius 2 is 1.92 bits per heavy atom. The molecule has 0 aliphatic carbocycles. The van der Waals surface area contributed by atoms with E-state index in [1.807, 2.05) is 4.98 Å². The van der Waals surface area contributed by atoms with Crippen LogP contribution in [0.5, 0.6) is 0 Å². The number of aromatic nitrogens is 2. The van der Waals surface area contributed by atoms with Crippen molar-refractivity contribution < 1.29 is 18.0 Å². The quantitative estimate of drug-likeness (QED) is 0.781. The maximum Gasteiger partial charge on any atom is 0.416 e. The number of alkyl halides is 3. The molecule has 6 nitrogen and oxygen atoms in total. The van der Waals surface area contributed by atoms with Crippen LogP contribution in [0.15, 0.2) is 33.9 Å². The molecule has 0 unspecified atom stereocenters. The summed E-state index contributed by atoms with van der Waals surface area (Å²) in [4.78, 5) is 39.0. The second kappa shape index (κ2) is 6.73. The van der Waals surface area contributed by atoms with Gasteiger partial charge in [-0.2, -0.15) is 13.2 Å². The van der Waals surface area contributed by atoms with Crippen LogP contribution < -0.4 is 16.6 Å². The van der Waals surface area contributed by atoms with Crippen LogP contribution in [-0.2, 0) is 23.9 Å². The highest BCUT2D eigenvalue weighted by Crippen LogP contribution is 2.29. The van der Waals surface area contributed by atoms with E-state index in [2.05, 4.69) is 10.3 Å². The fraction of sp³-hybridized carbons (Fsp3) is 0.267. The van der Waals surface area contributed by atoms with Gasteiger partial charge in [0.15, 0.2) is 0 Å². The van der Waals surface area contributed by atoms with Crippen LogP contribution in [0.2, 0.25) is 0 Å². The molecule has 2 aromatic rings. The van der Waals surface area contributed by atoms with Gasteiger partial charge in [0.25, 0.3) is 5.56 Å². The number of rotatable bonds is 4. The van der Waals surface area contributed by atoms with Crippen LogP contribution in [0.4, 0.5) is 13.2 Å². The standard InChI is InChI=1S/C15H14F3N3O3/c1-8-11(13(23)21-14(24)20-8)6-12(22)19-7-9-3-2-4-10(5-9)15(16,17)18/h2-5H,6-7H2,1H3,(H,19,22)(H2,20,21,23,24). The van der Waals surface area contributed by atoms with Crippen molar-refractivity contribution in [2.45, 2.75) is 26.1 Å². The summed E-state index contributed by atoms with van der Waals surface area (Å²) in [5.74, 6) is -0.548. The van der Waals surface area contributed by atoms with E-state index in [1.165, 1.54) is 19.1 Å². The largest absolute Gasteiger partial charge is 0.416 e. The zero-order chi connectivity index (χ0) is 17.9. The molecule has 1 aromatic carbocycles. The lowest BCUT2D eigenvalue weighted by Gasteiger charge is -2.10. The van der Waals surface area contributed by atoms with Gasteiger partial charge in [-0.25, -0.2) is 4.79 Å². The first-order valence-corrected chi connectivity index (χ1v) is 6.91. The van der Waals surface area contributed by atoms with Gasteiger partial charge in [0.05, 0.1) is 12.0 Å². The van der Waals surface area contributed by atoms with Gasteiger partial charge in [-0.3, -0.25) is 14.6 Å². The molecule has 0 atom stereocenters. The lowest BCUT2D eigenvalue weighted by atomic mass is 10.1. The Bertz CT molecular complexity index is 868. The normalized spacial score (nSPS) is 11.3. The number of amides is 1. The van der Waals surface area contributed by atoms with E-state index in [-0.39, 0.29) is 29.8 Å². The number of halogens is 3.